The Labute approximate surface area is 37.3 Å². The Kier molecular flexibility index (Phi) is 1.29. The van der Waals surface area contributed by atoms with E-state index in [-0.39, 0.29) is 0 Å². The summed E-state index contributed by atoms with van der Waals surface area (Å²) in [6, 6.07) is 0. The summed E-state index contributed by atoms with van der Waals surface area (Å²) in [6.45, 7) is 0.771. The molecule has 32 valence electrons. The molecule has 0 N–H and O–H groups in total. The SMILES string of the molecule is CC(F)(F)Br. The second-order valence-corrected chi connectivity index (χ2v) is 2.17. The van der Waals surface area contributed by atoms with E-state index in [1.807, 2.05) is 15.9 Å². The van der Waals surface area contributed by atoms with Crippen molar-refractivity contribution in [3.05, 3.63) is 0 Å². The summed E-state index contributed by atoms with van der Waals surface area (Å²) in [5, 5.41) is 0. The Bertz CT molecular complexity index is 23.1. The zero-order valence-corrected chi connectivity index (χ0v) is 4.22. The molecule has 0 atom stereocenters. The van der Waals surface area contributed by atoms with Crippen LogP contribution in [0.5, 0.6) is 0 Å². The molecular weight excluding hydrogens is 142 g/mol. The van der Waals surface area contributed by atoms with E-state index < -0.39 is 4.83 Å². The van der Waals surface area contributed by atoms with E-state index in [1.165, 1.54) is 0 Å². The molecule has 0 aliphatic carbocycles. The van der Waals surface area contributed by atoms with Crippen LogP contribution in [0.3, 0.4) is 0 Å². The maximum absolute atomic E-state index is 10.9. The largest absolute Gasteiger partial charge is 0.298 e. The van der Waals surface area contributed by atoms with Crippen molar-refractivity contribution in [3.8, 4) is 0 Å². The summed E-state index contributed by atoms with van der Waals surface area (Å²) in [5.74, 6) is 0. The smallest absolute Gasteiger partial charge is 0.194 e. The fraction of sp³-hybridized carbons (Fsp3) is 1.00. The van der Waals surface area contributed by atoms with Gasteiger partial charge in [0, 0.05) is 6.92 Å². The van der Waals surface area contributed by atoms with E-state index in [9.17, 15) is 8.78 Å². The summed E-state index contributed by atoms with van der Waals surface area (Å²) in [5.41, 5.74) is 0. The molecule has 0 aliphatic rings. The maximum Gasteiger partial charge on any atom is 0.298 e. The zero-order valence-electron chi connectivity index (χ0n) is 2.63. The van der Waals surface area contributed by atoms with Gasteiger partial charge in [0.2, 0.25) is 0 Å². The Morgan fingerprint density at radius 2 is 1.60 bits per heavy atom. The van der Waals surface area contributed by atoms with Gasteiger partial charge in [0.05, 0.1) is 0 Å². The van der Waals surface area contributed by atoms with E-state index in [0.717, 1.165) is 6.92 Å². The van der Waals surface area contributed by atoms with Gasteiger partial charge < -0.3 is 0 Å². The second kappa shape index (κ2) is 1.20. The van der Waals surface area contributed by atoms with Crippen molar-refractivity contribution in [1.82, 2.24) is 0 Å². The lowest BCUT2D eigenvalue weighted by Crippen LogP contribution is -1.91. The molecule has 0 heterocycles. The van der Waals surface area contributed by atoms with E-state index in [1.54, 1.807) is 0 Å². The molecule has 0 unspecified atom stereocenters. The van der Waals surface area contributed by atoms with Crippen molar-refractivity contribution in [2.24, 2.45) is 0 Å². The molecule has 0 spiro atoms. The predicted octanol–water partition coefficient (Wildman–Crippen LogP) is 1.99. The maximum atomic E-state index is 10.9. The van der Waals surface area contributed by atoms with E-state index in [4.69, 9.17) is 0 Å². The van der Waals surface area contributed by atoms with Crippen molar-refractivity contribution in [2.75, 3.05) is 0 Å². The third-order valence-corrected chi connectivity index (χ3v) is 0. The molecule has 0 bridgehead atoms. The predicted molar refractivity (Wildman–Crippen MR) is 19.5 cm³/mol. The molecule has 0 saturated carbocycles. The average molecular weight is 145 g/mol. The molecule has 0 saturated heterocycles. The number of hydrogen-bond donors (Lipinski definition) is 0. The Morgan fingerprint density at radius 1 is 1.60 bits per heavy atom. The first kappa shape index (κ1) is 5.34. The normalized spacial score (nSPS) is 12.0. The van der Waals surface area contributed by atoms with Gasteiger partial charge in [0.1, 0.15) is 0 Å². The van der Waals surface area contributed by atoms with Crippen LogP contribution in [0.4, 0.5) is 8.78 Å². The first-order valence-corrected chi connectivity index (χ1v) is 1.86. The molecule has 0 radical (unpaired) electrons. The van der Waals surface area contributed by atoms with E-state index in [2.05, 4.69) is 0 Å². The highest BCUT2D eigenvalue weighted by Crippen LogP contribution is 2.18. The third-order valence-electron chi connectivity index (χ3n) is 0. The quantitative estimate of drug-likeness (QED) is 0.457. The Hall–Kier alpha value is 0.340. The van der Waals surface area contributed by atoms with Crippen LogP contribution >= 0.6 is 15.9 Å². The van der Waals surface area contributed by atoms with Gasteiger partial charge in [-0.05, 0) is 15.9 Å². The van der Waals surface area contributed by atoms with Crippen LogP contribution in [0.25, 0.3) is 0 Å². The van der Waals surface area contributed by atoms with Gasteiger partial charge in [-0.3, -0.25) is 0 Å². The molecule has 0 nitrogen and oxygen atoms in total. The molecule has 3 heteroatoms. The summed E-state index contributed by atoms with van der Waals surface area (Å²) in [4.78, 5) is -2.69. The van der Waals surface area contributed by atoms with Crippen molar-refractivity contribution in [1.29, 1.82) is 0 Å². The molecule has 0 aliphatic heterocycles. The highest BCUT2D eigenvalue weighted by atomic mass is 79.9. The second-order valence-electron chi connectivity index (χ2n) is 0.781. The van der Waals surface area contributed by atoms with Crippen LogP contribution in [0.1, 0.15) is 6.92 Å². The number of alkyl halides is 3. The van der Waals surface area contributed by atoms with Gasteiger partial charge in [-0.1, -0.05) is 0 Å². The number of halogens is 3. The molecular formula is C2H3BrF2. The van der Waals surface area contributed by atoms with Gasteiger partial charge in [-0.25, -0.2) is 0 Å². The first-order chi connectivity index (χ1) is 2.00. The fourth-order valence-corrected chi connectivity index (χ4v) is 0. The standard InChI is InChI=1S/C2H3BrF2/c1-2(3,4)5/h1H3. The zero-order chi connectivity index (χ0) is 4.50. The fourth-order valence-electron chi connectivity index (χ4n) is 0. The number of hydrogen-bond acceptors (Lipinski definition) is 0. The van der Waals surface area contributed by atoms with Crippen LogP contribution in [-0.4, -0.2) is 4.83 Å². The first-order valence-electron chi connectivity index (χ1n) is 1.07. The molecule has 0 fully saturated rings. The van der Waals surface area contributed by atoms with Gasteiger partial charge in [-0.15, -0.1) is 0 Å². The van der Waals surface area contributed by atoms with Gasteiger partial charge in [-0.2, -0.15) is 8.78 Å². The summed E-state index contributed by atoms with van der Waals surface area (Å²) >= 11 is 2.04. The summed E-state index contributed by atoms with van der Waals surface area (Å²) in [7, 11) is 0. The van der Waals surface area contributed by atoms with Gasteiger partial charge in [0.15, 0.2) is 0 Å². The van der Waals surface area contributed by atoms with Crippen molar-refractivity contribution in [2.45, 2.75) is 11.8 Å². The highest BCUT2D eigenvalue weighted by Gasteiger charge is 2.11. The van der Waals surface area contributed by atoms with E-state index in [0.29, 0.717) is 0 Å². The van der Waals surface area contributed by atoms with Crippen LogP contribution in [0.15, 0.2) is 0 Å². The Balaban J connectivity index is 3.02. The molecule has 0 aromatic heterocycles. The number of rotatable bonds is 0. The minimum Gasteiger partial charge on any atom is -0.194 e. The topological polar surface area (TPSA) is 0 Å². The molecule has 0 aromatic carbocycles. The van der Waals surface area contributed by atoms with Crippen molar-refractivity contribution in [3.63, 3.8) is 0 Å². The third kappa shape index (κ3) is 206. The summed E-state index contributed by atoms with van der Waals surface area (Å²) < 4.78 is 21.9. The lowest BCUT2D eigenvalue weighted by Gasteiger charge is -1.91. The molecule has 5 heavy (non-hydrogen) atoms. The average Bonchev–Trinajstić information content (AvgIpc) is 0.722. The summed E-state index contributed by atoms with van der Waals surface area (Å²) in [6.07, 6.45) is 0. The lowest BCUT2D eigenvalue weighted by molar-refractivity contribution is 0.138. The minimum absolute atomic E-state index is 0.771. The van der Waals surface area contributed by atoms with Gasteiger partial charge in [0.25, 0.3) is 4.83 Å². The van der Waals surface area contributed by atoms with E-state index >= 15 is 0 Å². The Morgan fingerprint density at radius 3 is 1.60 bits per heavy atom. The van der Waals surface area contributed by atoms with Crippen molar-refractivity contribution < 1.29 is 8.78 Å². The highest BCUT2D eigenvalue weighted by molar-refractivity contribution is 9.09. The van der Waals surface area contributed by atoms with Crippen LogP contribution in [-0.2, 0) is 0 Å². The molecule has 0 amide bonds. The van der Waals surface area contributed by atoms with Gasteiger partial charge >= 0.3 is 0 Å². The minimum atomic E-state index is -2.69. The van der Waals surface area contributed by atoms with Crippen LogP contribution in [0.2, 0.25) is 0 Å². The van der Waals surface area contributed by atoms with Crippen LogP contribution < -0.4 is 0 Å². The molecule has 0 aromatic rings. The van der Waals surface area contributed by atoms with Crippen molar-refractivity contribution >= 4 is 15.9 Å². The monoisotopic (exact) mass is 144 g/mol. The molecule has 0 rings (SSSR count). The lowest BCUT2D eigenvalue weighted by atomic mass is 10.9. The van der Waals surface area contributed by atoms with Crippen LogP contribution in [0, 0.1) is 0 Å².